The van der Waals surface area contributed by atoms with Crippen LogP contribution in [0.2, 0.25) is 0 Å². The first-order chi connectivity index (χ1) is 11.1. The molecule has 0 aromatic carbocycles. The maximum atomic E-state index is 11.8. The molecule has 6 heteroatoms. The summed E-state index contributed by atoms with van der Waals surface area (Å²) in [6.45, 7) is 7.90. The van der Waals surface area contributed by atoms with E-state index in [0.717, 1.165) is 38.4 Å². The summed E-state index contributed by atoms with van der Waals surface area (Å²) in [6.07, 6.45) is 6.17. The van der Waals surface area contributed by atoms with Gasteiger partial charge in [0, 0.05) is 39.8 Å². The Morgan fingerprint density at radius 2 is 2.00 bits per heavy atom. The Balaban J connectivity index is 1.92. The smallest absolute Gasteiger partial charge is 0.243 e. The van der Waals surface area contributed by atoms with Crippen LogP contribution in [0.25, 0.3) is 0 Å². The largest absolute Gasteiger partial charge is 0.356 e. The van der Waals surface area contributed by atoms with Crippen LogP contribution >= 0.6 is 0 Å². The minimum atomic E-state index is 0.0510. The fourth-order valence-electron chi connectivity index (χ4n) is 3.27. The Hall–Kier alpha value is -1.30. The van der Waals surface area contributed by atoms with E-state index in [4.69, 9.17) is 0 Å². The summed E-state index contributed by atoms with van der Waals surface area (Å²) in [6, 6.07) is 0.653. The molecule has 1 atom stereocenters. The summed E-state index contributed by atoms with van der Waals surface area (Å²) in [5.74, 6) is 0.963. The third-order valence-electron chi connectivity index (χ3n) is 4.80. The lowest BCUT2D eigenvalue weighted by atomic mass is 10.2. The molecule has 0 saturated carbocycles. The molecule has 6 nitrogen and oxygen atoms in total. The van der Waals surface area contributed by atoms with Crippen molar-refractivity contribution in [1.29, 1.82) is 0 Å². The zero-order valence-corrected chi connectivity index (χ0v) is 15.1. The number of carbonyl (C=O) groups is 1. The molecule has 2 heterocycles. The standard InChI is InChI=1S/C17H33N5O/c1-4-5-9-18-17(19-13-16(23)20(2)3)22-12-8-15(14-22)21-10-6-7-11-21/h15H,4-14H2,1-3H3,(H,18,19). The van der Waals surface area contributed by atoms with Gasteiger partial charge < -0.3 is 15.1 Å². The van der Waals surface area contributed by atoms with Gasteiger partial charge in [0.05, 0.1) is 0 Å². The van der Waals surface area contributed by atoms with E-state index in [1.54, 1.807) is 19.0 Å². The molecule has 1 amide bonds. The van der Waals surface area contributed by atoms with E-state index in [2.05, 4.69) is 27.0 Å². The lowest BCUT2D eigenvalue weighted by Gasteiger charge is -2.25. The Bertz CT molecular complexity index is 404. The summed E-state index contributed by atoms with van der Waals surface area (Å²) in [7, 11) is 3.56. The molecule has 0 aromatic rings. The van der Waals surface area contributed by atoms with Gasteiger partial charge in [0.1, 0.15) is 6.54 Å². The predicted molar refractivity (Wildman–Crippen MR) is 94.7 cm³/mol. The number of likely N-dealkylation sites (tertiary alicyclic amines) is 2. The minimum Gasteiger partial charge on any atom is -0.356 e. The highest BCUT2D eigenvalue weighted by molar-refractivity contribution is 5.85. The van der Waals surface area contributed by atoms with Gasteiger partial charge >= 0.3 is 0 Å². The van der Waals surface area contributed by atoms with Gasteiger partial charge in [-0.05, 0) is 38.8 Å². The summed E-state index contributed by atoms with van der Waals surface area (Å²) >= 11 is 0. The Kier molecular flexibility index (Phi) is 7.15. The Morgan fingerprint density at radius 3 is 2.65 bits per heavy atom. The number of unbranched alkanes of at least 4 members (excludes halogenated alkanes) is 1. The van der Waals surface area contributed by atoms with Crippen LogP contribution in [0.4, 0.5) is 0 Å². The number of aliphatic imine (C=N–C) groups is 1. The predicted octanol–water partition coefficient (Wildman–Crippen LogP) is 0.990. The number of nitrogens with zero attached hydrogens (tertiary/aromatic N) is 4. The summed E-state index contributed by atoms with van der Waals surface area (Å²) in [4.78, 5) is 23.0. The van der Waals surface area contributed by atoms with Crippen LogP contribution in [-0.2, 0) is 4.79 Å². The molecule has 0 spiro atoms. The van der Waals surface area contributed by atoms with E-state index in [9.17, 15) is 4.79 Å². The molecule has 23 heavy (non-hydrogen) atoms. The van der Waals surface area contributed by atoms with Gasteiger partial charge in [0.15, 0.2) is 5.96 Å². The highest BCUT2D eigenvalue weighted by Gasteiger charge is 2.30. The van der Waals surface area contributed by atoms with Crippen molar-refractivity contribution in [2.75, 3.05) is 53.4 Å². The van der Waals surface area contributed by atoms with Crippen LogP contribution in [-0.4, -0.2) is 86.0 Å². The average Bonchev–Trinajstić information content (AvgIpc) is 3.20. The van der Waals surface area contributed by atoms with Crippen LogP contribution in [0, 0.1) is 0 Å². The number of carbonyl (C=O) groups excluding carboxylic acids is 1. The van der Waals surface area contributed by atoms with Crippen molar-refractivity contribution in [3.8, 4) is 0 Å². The number of guanidine groups is 1. The van der Waals surface area contributed by atoms with Gasteiger partial charge in [-0.3, -0.25) is 9.69 Å². The molecule has 1 unspecified atom stereocenters. The second-order valence-corrected chi connectivity index (χ2v) is 6.84. The van der Waals surface area contributed by atoms with Crippen molar-refractivity contribution in [2.24, 2.45) is 4.99 Å². The van der Waals surface area contributed by atoms with Crippen molar-refractivity contribution in [2.45, 2.75) is 45.1 Å². The number of amides is 1. The molecule has 1 N–H and O–H groups in total. The van der Waals surface area contributed by atoms with Crippen LogP contribution in [0.15, 0.2) is 4.99 Å². The van der Waals surface area contributed by atoms with E-state index in [1.165, 1.54) is 32.4 Å². The summed E-state index contributed by atoms with van der Waals surface area (Å²) < 4.78 is 0. The Labute approximate surface area is 140 Å². The maximum absolute atomic E-state index is 11.8. The lowest BCUT2D eigenvalue weighted by molar-refractivity contribution is -0.127. The zero-order chi connectivity index (χ0) is 16.7. The normalized spacial score (nSPS) is 22.7. The van der Waals surface area contributed by atoms with E-state index in [0.29, 0.717) is 6.04 Å². The van der Waals surface area contributed by atoms with Crippen LogP contribution in [0.1, 0.15) is 39.0 Å². The monoisotopic (exact) mass is 323 g/mol. The van der Waals surface area contributed by atoms with Gasteiger partial charge in [-0.2, -0.15) is 0 Å². The molecular weight excluding hydrogens is 290 g/mol. The van der Waals surface area contributed by atoms with E-state index >= 15 is 0 Å². The van der Waals surface area contributed by atoms with Crippen molar-refractivity contribution in [1.82, 2.24) is 20.0 Å². The lowest BCUT2D eigenvalue weighted by Crippen LogP contribution is -2.43. The van der Waals surface area contributed by atoms with Gasteiger partial charge in [-0.25, -0.2) is 4.99 Å². The van der Waals surface area contributed by atoms with Crippen molar-refractivity contribution in [3.05, 3.63) is 0 Å². The van der Waals surface area contributed by atoms with Gasteiger partial charge in [0.25, 0.3) is 0 Å². The van der Waals surface area contributed by atoms with Gasteiger partial charge in [0.2, 0.25) is 5.91 Å². The molecule has 132 valence electrons. The van der Waals surface area contributed by atoms with Crippen molar-refractivity contribution in [3.63, 3.8) is 0 Å². The van der Waals surface area contributed by atoms with Crippen LogP contribution in [0.5, 0.6) is 0 Å². The van der Waals surface area contributed by atoms with Crippen LogP contribution in [0.3, 0.4) is 0 Å². The van der Waals surface area contributed by atoms with E-state index in [1.807, 2.05) is 0 Å². The topological polar surface area (TPSA) is 51.2 Å². The number of rotatable bonds is 6. The van der Waals surface area contributed by atoms with E-state index < -0.39 is 0 Å². The second kappa shape index (κ2) is 9.11. The van der Waals surface area contributed by atoms with Crippen LogP contribution < -0.4 is 5.32 Å². The third kappa shape index (κ3) is 5.37. The maximum Gasteiger partial charge on any atom is 0.243 e. The highest BCUT2D eigenvalue weighted by Crippen LogP contribution is 2.20. The molecule has 0 bridgehead atoms. The highest BCUT2D eigenvalue weighted by atomic mass is 16.2. The molecule has 2 rings (SSSR count). The molecular formula is C17H33N5O. The minimum absolute atomic E-state index is 0.0510. The molecule has 2 fully saturated rings. The molecule has 2 saturated heterocycles. The molecule has 0 radical (unpaired) electrons. The molecule has 2 aliphatic rings. The fourth-order valence-corrected chi connectivity index (χ4v) is 3.27. The quantitative estimate of drug-likeness (QED) is 0.450. The van der Waals surface area contributed by atoms with Gasteiger partial charge in [-0.1, -0.05) is 13.3 Å². The summed E-state index contributed by atoms with van der Waals surface area (Å²) in [5.41, 5.74) is 0. The first-order valence-corrected chi connectivity index (χ1v) is 9.09. The first-order valence-electron chi connectivity index (χ1n) is 9.09. The SMILES string of the molecule is CCCCNC(=NCC(=O)N(C)C)N1CCC(N2CCCC2)C1. The van der Waals surface area contributed by atoms with Crippen molar-refractivity contribution < 1.29 is 4.79 Å². The number of hydrogen-bond acceptors (Lipinski definition) is 3. The summed E-state index contributed by atoms with van der Waals surface area (Å²) in [5, 5.41) is 3.45. The Morgan fingerprint density at radius 1 is 1.26 bits per heavy atom. The number of hydrogen-bond donors (Lipinski definition) is 1. The fraction of sp³-hybridized carbons (Fsp3) is 0.882. The number of nitrogens with one attached hydrogen (secondary N) is 1. The number of likely N-dealkylation sites (N-methyl/N-ethyl adjacent to an activating group) is 1. The first kappa shape index (κ1) is 18.0. The average molecular weight is 323 g/mol. The van der Waals surface area contributed by atoms with E-state index in [-0.39, 0.29) is 12.5 Å². The van der Waals surface area contributed by atoms with Gasteiger partial charge in [-0.15, -0.1) is 0 Å². The zero-order valence-electron chi connectivity index (χ0n) is 15.1. The van der Waals surface area contributed by atoms with Crippen molar-refractivity contribution >= 4 is 11.9 Å². The second-order valence-electron chi connectivity index (χ2n) is 6.84. The molecule has 2 aliphatic heterocycles. The molecule has 0 aromatic heterocycles. The molecule has 0 aliphatic carbocycles. The third-order valence-corrected chi connectivity index (χ3v) is 4.80.